The van der Waals surface area contributed by atoms with Crippen LogP contribution in [0.25, 0.3) is 0 Å². The second-order valence-electron chi connectivity index (χ2n) is 2.80. The van der Waals surface area contributed by atoms with E-state index in [0.29, 0.717) is 0 Å². The van der Waals surface area contributed by atoms with Crippen molar-refractivity contribution in [1.82, 2.24) is 4.98 Å². The van der Waals surface area contributed by atoms with Crippen molar-refractivity contribution in [1.29, 1.82) is 0 Å². The van der Waals surface area contributed by atoms with Crippen molar-refractivity contribution in [2.24, 2.45) is 0 Å². The van der Waals surface area contributed by atoms with Crippen molar-refractivity contribution >= 4 is 23.4 Å². The summed E-state index contributed by atoms with van der Waals surface area (Å²) in [6, 6.07) is 4.10. The Hall–Kier alpha value is -0.210. The molecule has 0 fully saturated rings. The smallest absolute Gasteiger partial charge is 0.0539 e. The zero-order valence-corrected chi connectivity index (χ0v) is 9.37. The third kappa shape index (κ3) is 3.57. The summed E-state index contributed by atoms with van der Waals surface area (Å²) in [7, 11) is 0. The fourth-order valence-electron chi connectivity index (χ4n) is 1.18. The van der Waals surface area contributed by atoms with Gasteiger partial charge in [0.05, 0.1) is 5.69 Å². The average Bonchev–Trinajstić information content (AvgIpc) is 2.19. The molecule has 0 radical (unpaired) electrons. The summed E-state index contributed by atoms with van der Waals surface area (Å²) in [6.07, 6.45) is 7.20. The van der Waals surface area contributed by atoms with Gasteiger partial charge in [0.15, 0.2) is 0 Å². The molecule has 72 valence electrons. The average molecular weight is 216 g/mol. The van der Waals surface area contributed by atoms with Crippen molar-refractivity contribution in [3.8, 4) is 0 Å². The lowest BCUT2D eigenvalue weighted by atomic mass is 10.2. The molecular formula is C10H14ClNS. The summed E-state index contributed by atoms with van der Waals surface area (Å²) in [6.45, 7) is 0. The highest BCUT2D eigenvalue weighted by Gasteiger charge is 2.00. The van der Waals surface area contributed by atoms with Crippen LogP contribution in [0, 0.1) is 0 Å². The highest BCUT2D eigenvalue weighted by atomic mass is 35.5. The number of hydrogen-bond donors (Lipinski definition) is 0. The fourth-order valence-corrected chi connectivity index (χ4v) is 1.98. The molecule has 0 N–H and O–H groups in total. The van der Waals surface area contributed by atoms with Crippen molar-refractivity contribution in [2.45, 2.75) is 24.2 Å². The fraction of sp³-hybridized carbons (Fsp3) is 0.500. The van der Waals surface area contributed by atoms with Crippen LogP contribution in [0.2, 0.25) is 0 Å². The van der Waals surface area contributed by atoms with E-state index < -0.39 is 0 Å². The molecule has 1 aromatic rings. The van der Waals surface area contributed by atoms with Crippen LogP contribution < -0.4 is 0 Å². The Morgan fingerprint density at radius 2 is 2.31 bits per heavy atom. The van der Waals surface area contributed by atoms with Gasteiger partial charge in [0.1, 0.15) is 0 Å². The second-order valence-corrected chi connectivity index (χ2v) is 4.02. The number of aryl methyl sites for hydroxylation is 1. The van der Waals surface area contributed by atoms with Crippen LogP contribution in [0.5, 0.6) is 0 Å². The monoisotopic (exact) mass is 215 g/mol. The van der Waals surface area contributed by atoms with Gasteiger partial charge in [0.25, 0.3) is 0 Å². The zero-order valence-electron chi connectivity index (χ0n) is 7.79. The Labute approximate surface area is 88.9 Å². The van der Waals surface area contributed by atoms with Crippen LogP contribution in [-0.4, -0.2) is 17.1 Å². The molecule has 0 spiro atoms. The van der Waals surface area contributed by atoms with Gasteiger partial charge in [-0.3, -0.25) is 4.98 Å². The highest BCUT2D eigenvalue weighted by molar-refractivity contribution is 7.98. The molecule has 0 atom stereocenters. The zero-order chi connectivity index (χ0) is 9.52. The maximum absolute atomic E-state index is 5.62. The molecule has 0 aliphatic rings. The predicted molar refractivity (Wildman–Crippen MR) is 59.7 cm³/mol. The number of alkyl halides is 1. The summed E-state index contributed by atoms with van der Waals surface area (Å²) >= 11 is 7.37. The molecule has 0 saturated heterocycles. The number of aromatic nitrogens is 1. The number of thioether (sulfide) groups is 1. The van der Waals surface area contributed by atoms with Crippen LogP contribution >= 0.6 is 23.4 Å². The Morgan fingerprint density at radius 1 is 1.46 bits per heavy atom. The van der Waals surface area contributed by atoms with E-state index >= 15 is 0 Å². The number of pyridine rings is 1. The number of hydrogen-bond acceptors (Lipinski definition) is 2. The molecule has 1 rings (SSSR count). The summed E-state index contributed by atoms with van der Waals surface area (Å²) in [5, 5.41) is 0. The maximum Gasteiger partial charge on any atom is 0.0539 e. The minimum Gasteiger partial charge on any atom is -0.260 e. The van der Waals surface area contributed by atoms with E-state index in [-0.39, 0.29) is 0 Å². The molecular weight excluding hydrogens is 202 g/mol. The van der Waals surface area contributed by atoms with Crippen LogP contribution in [0.15, 0.2) is 23.2 Å². The van der Waals surface area contributed by atoms with E-state index in [4.69, 9.17) is 11.6 Å². The lowest BCUT2D eigenvalue weighted by molar-refractivity contribution is 0.767. The van der Waals surface area contributed by atoms with Gasteiger partial charge >= 0.3 is 0 Å². The second kappa shape index (κ2) is 6.28. The number of rotatable bonds is 5. The van der Waals surface area contributed by atoms with E-state index in [0.717, 1.165) is 25.1 Å². The number of nitrogens with zero attached hydrogens (tertiary/aromatic N) is 1. The normalized spacial score (nSPS) is 10.3. The van der Waals surface area contributed by atoms with Gasteiger partial charge in [0, 0.05) is 17.0 Å². The van der Waals surface area contributed by atoms with Gasteiger partial charge in [-0.15, -0.1) is 23.4 Å². The first kappa shape index (κ1) is 10.9. The van der Waals surface area contributed by atoms with Crippen molar-refractivity contribution in [2.75, 3.05) is 12.1 Å². The van der Waals surface area contributed by atoms with E-state index in [2.05, 4.69) is 17.3 Å². The first-order valence-electron chi connectivity index (χ1n) is 4.42. The van der Waals surface area contributed by atoms with E-state index in [1.54, 1.807) is 11.8 Å². The lowest BCUT2D eigenvalue weighted by Gasteiger charge is -2.04. The van der Waals surface area contributed by atoms with Gasteiger partial charge in [-0.1, -0.05) is 0 Å². The molecule has 0 aromatic carbocycles. The summed E-state index contributed by atoms with van der Waals surface area (Å²) in [5.74, 6) is 0.751. The van der Waals surface area contributed by atoms with Crippen LogP contribution in [0.4, 0.5) is 0 Å². The van der Waals surface area contributed by atoms with Gasteiger partial charge in [-0.25, -0.2) is 0 Å². The van der Waals surface area contributed by atoms with E-state index in [1.807, 2.05) is 12.3 Å². The minimum atomic E-state index is 0.751. The molecule has 1 aromatic heterocycles. The van der Waals surface area contributed by atoms with Crippen LogP contribution in [-0.2, 0) is 6.42 Å². The Bertz CT molecular complexity index is 252. The largest absolute Gasteiger partial charge is 0.260 e. The first-order valence-corrected chi connectivity index (χ1v) is 6.18. The molecule has 0 aliphatic heterocycles. The third-order valence-electron chi connectivity index (χ3n) is 1.87. The number of halogens is 1. The van der Waals surface area contributed by atoms with Gasteiger partial charge in [0.2, 0.25) is 0 Å². The predicted octanol–water partition coefficient (Wildman–Crippen LogP) is 3.37. The molecule has 0 unspecified atom stereocenters. The molecule has 0 amide bonds. The van der Waals surface area contributed by atoms with Crippen LogP contribution in [0.3, 0.4) is 0 Å². The third-order valence-corrected chi connectivity index (χ3v) is 2.94. The van der Waals surface area contributed by atoms with Crippen LogP contribution in [0.1, 0.15) is 18.5 Å². The van der Waals surface area contributed by atoms with Gasteiger partial charge in [-0.05, 0) is 37.7 Å². The topological polar surface area (TPSA) is 12.9 Å². The maximum atomic E-state index is 5.62. The Balaban J connectivity index is 2.54. The quantitative estimate of drug-likeness (QED) is 0.425. The highest BCUT2D eigenvalue weighted by Crippen LogP contribution is 2.19. The van der Waals surface area contributed by atoms with Gasteiger partial charge < -0.3 is 0 Å². The minimum absolute atomic E-state index is 0.751. The molecule has 1 heterocycles. The Kier molecular flexibility index (Phi) is 5.25. The molecule has 3 heteroatoms. The van der Waals surface area contributed by atoms with Crippen molar-refractivity contribution in [3.63, 3.8) is 0 Å². The molecule has 0 bridgehead atoms. The SMILES string of the molecule is CSc1cccnc1CCCCCl. The first-order chi connectivity index (χ1) is 6.38. The van der Waals surface area contributed by atoms with E-state index in [1.165, 1.54) is 10.6 Å². The number of unbranched alkanes of at least 4 members (excludes halogenated alkanes) is 1. The van der Waals surface area contributed by atoms with Gasteiger partial charge in [-0.2, -0.15) is 0 Å². The van der Waals surface area contributed by atoms with Crippen molar-refractivity contribution in [3.05, 3.63) is 24.0 Å². The standard InChI is InChI=1S/C10H14ClNS/c1-13-10-6-4-8-12-9(10)5-2-3-7-11/h4,6,8H,2-3,5,7H2,1H3. The molecule has 0 aliphatic carbocycles. The summed E-state index contributed by atoms with van der Waals surface area (Å²) < 4.78 is 0. The Morgan fingerprint density at radius 3 is 3.00 bits per heavy atom. The lowest BCUT2D eigenvalue weighted by Crippen LogP contribution is -1.92. The summed E-state index contributed by atoms with van der Waals surface area (Å²) in [5.41, 5.74) is 1.21. The van der Waals surface area contributed by atoms with E-state index in [9.17, 15) is 0 Å². The molecule has 1 nitrogen and oxygen atoms in total. The molecule has 13 heavy (non-hydrogen) atoms. The van der Waals surface area contributed by atoms with Crippen molar-refractivity contribution < 1.29 is 0 Å². The molecule has 0 saturated carbocycles. The summed E-state index contributed by atoms with van der Waals surface area (Å²) in [4.78, 5) is 5.65.